The van der Waals surface area contributed by atoms with Crippen LogP contribution >= 0.6 is 35.1 Å². The second-order valence-corrected chi connectivity index (χ2v) is 8.61. The molecule has 1 aliphatic rings. The number of nitrogens with zero attached hydrogens (tertiary/aromatic N) is 1. The molecule has 0 saturated carbocycles. The number of hydrogen-bond donors (Lipinski definition) is 1. The summed E-state index contributed by atoms with van der Waals surface area (Å²) in [7, 11) is 1.65. The van der Waals surface area contributed by atoms with Crippen LogP contribution in [0.5, 0.6) is 5.75 Å². The summed E-state index contributed by atoms with van der Waals surface area (Å²) in [6.45, 7) is 0. The molecule has 3 rings (SSSR count). The van der Waals surface area contributed by atoms with Gasteiger partial charge in [0.1, 0.15) is 15.5 Å². The van der Waals surface area contributed by atoms with E-state index in [-0.39, 0.29) is 0 Å². The van der Waals surface area contributed by atoms with Crippen LogP contribution in [0.3, 0.4) is 0 Å². The van der Waals surface area contributed by atoms with E-state index in [1.165, 1.54) is 0 Å². The molecule has 6 heteroatoms. The van der Waals surface area contributed by atoms with Crippen LogP contribution in [0.2, 0.25) is 5.02 Å². The second kappa shape index (κ2) is 7.72. The van der Waals surface area contributed by atoms with Gasteiger partial charge in [-0.25, -0.2) is 0 Å². The summed E-state index contributed by atoms with van der Waals surface area (Å²) >= 11 is 9.96. The van der Waals surface area contributed by atoms with Crippen molar-refractivity contribution in [2.75, 3.05) is 18.6 Å². The summed E-state index contributed by atoms with van der Waals surface area (Å²) in [5.74, 6) is 2.81. The van der Waals surface area contributed by atoms with Crippen LogP contribution < -0.4 is 4.74 Å². The third-order valence-corrected chi connectivity index (χ3v) is 7.60. The SMILES string of the molecule is COc1ccc(C2(/C(=N/O)c3ccccc3Cl)SCCCS2)cc1. The van der Waals surface area contributed by atoms with Crippen molar-refractivity contribution in [3.05, 3.63) is 64.7 Å². The smallest absolute Gasteiger partial charge is 0.132 e. The Bertz CT molecular complexity index is 728. The Morgan fingerprint density at radius 1 is 1.12 bits per heavy atom. The van der Waals surface area contributed by atoms with Crippen molar-refractivity contribution in [2.45, 2.75) is 10.5 Å². The summed E-state index contributed by atoms with van der Waals surface area (Å²) in [6.07, 6.45) is 1.13. The molecule has 1 heterocycles. The first-order valence-corrected chi connectivity index (χ1v) is 9.96. The van der Waals surface area contributed by atoms with Gasteiger partial charge in [0, 0.05) is 10.6 Å². The topological polar surface area (TPSA) is 41.8 Å². The normalized spacial score (nSPS) is 17.5. The Morgan fingerprint density at radius 2 is 1.79 bits per heavy atom. The van der Waals surface area contributed by atoms with Crippen molar-refractivity contribution in [1.29, 1.82) is 0 Å². The number of hydrogen-bond acceptors (Lipinski definition) is 5. The van der Waals surface area contributed by atoms with Crippen molar-refractivity contribution in [3.8, 4) is 5.75 Å². The van der Waals surface area contributed by atoms with Gasteiger partial charge in [0.15, 0.2) is 0 Å². The van der Waals surface area contributed by atoms with E-state index >= 15 is 0 Å². The van der Waals surface area contributed by atoms with E-state index in [0.29, 0.717) is 10.7 Å². The summed E-state index contributed by atoms with van der Waals surface area (Å²) in [6, 6.07) is 15.5. The Morgan fingerprint density at radius 3 is 2.38 bits per heavy atom. The molecule has 3 nitrogen and oxygen atoms in total. The van der Waals surface area contributed by atoms with Crippen LogP contribution in [-0.2, 0) is 4.08 Å². The van der Waals surface area contributed by atoms with Crippen LogP contribution in [-0.4, -0.2) is 29.5 Å². The maximum atomic E-state index is 9.86. The van der Waals surface area contributed by atoms with Crippen LogP contribution in [0.4, 0.5) is 0 Å². The average molecular weight is 380 g/mol. The van der Waals surface area contributed by atoms with Gasteiger partial charge in [-0.2, -0.15) is 0 Å². The van der Waals surface area contributed by atoms with Crippen LogP contribution in [0, 0.1) is 0 Å². The molecule has 2 aromatic rings. The quantitative estimate of drug-likeness (QED) is 0.447. The van der Waals surface area contributed by atoms with Gasteiger partial charge in [0.2, 0.25) is 0 Å². The van der Waals surface area contributed by atoms with Crippen molar-refractivity contribution in [3.63, 3.8) is 0 Å². The van der Waals surface area contributed by atoms with Gasteiger partial charge in [-0.3, -0.25) is 0 Å². The molecule has 0 unspecified atom stereocenters. The van der Waals surface area contributed by atoms with Crippen molar-refractivity contribution in [1.82, 2.24) is 0 Å². The fourth-order valence-electron chi connectivity index (χ4n) is 2.73. The zero-order chi connectivity index (χ0) is 17.0. The van der Waals surface area contributed by atoms with Gasteiger partial charge in [-0.05, 0) is 41.7 Å². The van der Waals surface area contributed by atoms with Crippen molar-refractivity contribution < 1.29 is 9.94 Å². The largest absolute Gasteiger partial charge is 0.497 e. The van der Waals surface area contributed by atoms with Gasteiger partial charge in [-0.15, -0.1) is 23.5 Å². The highest BCUT2D eigenvalue weighted by Crippen LogP contribution is 2.53. The lowest BCUT2D eigenvalue weighted by atomic mass is 10.0. The molecule has 0 amide bonds. The third-order valence-electron chi connectivity index (χ3n) is 3.91. The summed E-state index contributed by atoms with van der Waals surface area (Å²) < 4.78 is 4.78. The van der Waals surface area contributed by atoms with Gasteiger partial charge < -0.3 is 9.94 Å². The Labute approximate surface area is 155 Å². The number of methoxy groups -OCH3 is 1. The Hall–Kier alpha value is -1.30. The highest BCUT2D eigenvalue weighted by Gasteiger charge is 2.42. The van der Waals surface area contributed by atoms with E-state index in [9.17, 15) is 5.21 Å². The first-order valence-electron chi connectivity index (χ1n) is 7.61. The predicted octanol–water partition coefficient (Wildman–Crippen LogP) is 5.25. The fourth-order valence-corrected chi connectivity index (χ4v) is 6.31. The molecular weight excluding hydrogens is 362 g/mol. The van der Waals surface area contributed by atoms with E-state index in [0.717, 1.165) is 34.8 Å². The van der Waals surface area contributed by atoms with E-state index in [4.69, 9.17) is 16.3 Å². The monoisotopic (exact) mass is 379 g/mol. The molecule has 126 valence electrons. The number of rotatable bonds is 4. The first kappa shape index (κ1) is 17.5. The minimum atomic E-state index is -0.482. The van der Waals surface area contributed by atoms with Gasteiger partial charge in [0.25, 0.3) is 0 Å². The molecule has 1 fully saturated rings. The lowest BCUT2D eigenvalue weighted by Crippen LogP contribution is -2.33. The second-order valence-electron chi connectivity index (χ2n) is 5.32. The standard InChI is InChI=1S/C18H18ClNO2S2/c1-22-14-9-7-13(8-10-14)18(23-11-4-12-24-18)17(20-21)15-5-2-3-6-16(15)19/h2-3,5-10,21H,4,11-12H2,1H3/b20-17+. The van der Waals surface area contributed by atoms with Crippen molar-refractivity contribution in [2.24, 2.45) is 5.16 Å². The lowest BCUT2D eigenvalue weighted by Gasteiger charge is -2.37. The fraction of sp³-hybridized carbons (Fsp3) is 0.278. The van der Waals surface area contributed by atoms with Gasteiger partial charge >= 0.3 is 0 Å². The molecule has 0 bridgehead atoms. The van der Waals surface area contributed by atoms with E-state index in [2.05, 4.69) is 5.16 Å². The summed E-state index contributed by atoms with van der Waals surface area (Å²) in [5, 5.41) is 14.1. The number of ether oxygens (including phenoxy) is 1. The zero-order valence-corrected chi connectivity index (χ0v) is 15.6. The lowest BCUT2D eigenvalue weighted by molar-refractivity contribution is 0.318. The number of benzene rings is 2. The van der Waals surface area contributed by atoms with E-state index in [1.54, 1.807) is 30.6 Å². The molecule has 0 aliphatic carbocycles. The summed E-state index contributed by atoms with van der Waals surface area (Å²) in [5.41, 5.74) is 2.43. The first-order chi connectivity index (χ1) is 11.7. The maximum absolute atomic E-state index is 9.86. The molecule has 0 spiro atoms. The molecule has 2 aromatic carbocycles. The minimum Gasteiger partial charge on any atom is -0.497 e. The zero-order valence-electron chi connectivity index (χ0n) is 13.2. The molecule has 1 N–H and O–H groups in total. The molecule has 0 aromatic heterocycles. The molecule has 1 saturated heterocycles. The van der Waals surface area contributed by atoms with Crippen molar-refractivity contribution >= 4 is 40.8 Å². The highest BCUT2D eigenvalue weighted by molar-refractivity contribution is 8.19. The molecule has 24 heavy (non-hydrogen) atoms. The number of oxime groups is 1. The predicted molar refractivity (Wildman–Crippen MR) is 104 cm³/mol. The Kier molecular flexibility index (Phi) is 5.64. The van der Waals surface area contributed by atoms with Gasteiger partial charge in [-0.1, -0.05) is 47.1 Å². The van der Waals surface area contributed by atoms with Crippen LogP contribution in [0.1, 0.15) is 17.5 Å². The third kappa shape index (κ3) is 3.25. The number of halogens is 1. The number of thioether (sulfide) groups is 2. The van der Waals surface area contributed by atoms with E-state index in [1.807, 2.05) is 48.5 Å². The van der Waals surface area contributed by atoms with E-state index < -0.39 is 4.08 Å². The highest BCUT2D eigenvalue weighted by atomic mass is 35.5. The maximum Gasteiger partial charge on any atom is 0.132 e. The molecule has 0 radical (unpaired) electrons. The van der Waals surface area contributed by atoms with Crippen LogP contribution in [0.15, 0.2) is 53.7 Å². The molecular formula is C18H18ClNO2S2. The average Bonchev–Trinajstić information content (AvgIpc) is 2.65. The Balaban J connectivity index is 2.12. The molecule has 1 aliphatic heterocycles. The minimum absolute atomic E-state index is 0.482. The van der Waals surface area contributed by atoms with Gasteiger partial charge in [0.05, 0.1) is 7.11 Å². The summed E-state index contributed by atoms with van der Waals surface area (Å²) in [4.78, 5) is 0. The molecule has 0 atom stereocenters. The van der Waals surface area contributed by atoms with Crippen LogP contribution in [0.25, 0.3) is 0 Å².